The van der Waals surface area contributed by atoms with E-state index in [1.165, 1.54) is 11.8 Å². The Balaban J connectivity index is 2.51. The first-order valence-electron chi connectivity index (χ1n) is 5.37. The largest absolute Gasteiger partial charge is 0.394 e. The van der Waals surface area contributed by atoms with Crippen molar-refractivity contribution in [3.63, 3.8) is 0 Å². The molecule has 0 radical (unpaired) electrons. The van der Waals surface area contributed by atoms with Crippen LogP contribution >= 0.6 is 11.8 Å². The van der Waals surface area contributed by atoms with Crippen LogP contribution in [0.2, 0.25) is 0 Å². The molecule has 4 heteroatoms. The van der Waals surface area contributed by atoms with Gasteiger partial charge in [0, 0.05) is 10.6 Å². The van der Waals surface area contributed by atoms with Crippen LogP contribution in [0.3, 0.4) is 0 Å². The second-order valence-electron chi connectivity index (χ2n) is 3.64. The van der Waals surface area contributed by atoms with Crippen molar-refractivity contribution in [2.45, 2.75) is 30.4 Å². The lowest BCUT2D eigenvalue weighted by Crippen LogP contribution is -2.14. The number of aliphatic hydroxyl groups excluding tert-OH is 3. The van der Waals surface area contributed by atoms with Gasteiger partial charge in [0.05, 0.1) is 18.8 Å². The monoisotopic (exact) mass is 242 g/mol. The average Bonchev–Trinajstić information content (AvgIpc) is 2.35. The number of aliphatic hydroxyl groups is 3. The van der Waals surface area contributed by atoms with Crippen molar-refractivity contribution >= 4 is 11.8 Å². The molecular weight excluding hydrogens is 224 g/mol. The number of thioether (sulfide) groups is 1. The molecule has 0 aliphatic rings. The van der Waals surface area contributed by atoms with E-state index in [1.54, 1.807) is 0 Å². The van der Waals surface area contributed by atoms with Crippen molar-refractivity contribution in [1.82, 2.24) is 0 Å². The van der Waals surface area contributed by atoms with Crippen LogP contribution in [0.4, 0.5) is 0 Å². The molecule has 0 aromatic heterocycles. The lowest BCUT2D eigenvalue weighted by molar-refractivity contribution is 0.113. The van der Waals surface area contributed by atoms with E-state index in [0.29, 0.717) is 12.2 Å². The summed E-state index contributed by atoms with van der Waals surface area (Å²) in [6.07, 6.45) is -0.372. The van der Waals surface area contributed by atoms with Crippen LogP contribution < -0.4 is 0 Å². The topological polar surface area (TPSA) is 60.7 Å². The molecule has 0 spiro atoms. The molecule has 0 amide bonds. The van der Waals surface area contributed by atoms with Crippen LogP contribution in [0.5, 0.6) is 0 Å². The lowest BCUT2D eigenvalue weighted by atomic mass is 10.1. The molecular formula is C12H18O3S. The van der Waals surface area contributed by atoms with E-state index < -0.39 is 12.2 Å². The molecule has 3 nitrogen and oxygen atoms in total. The predicted octanol–water partition coefficient (Wildman–Crippen LogP) is 1.58. The average molecular weight is 242 g/mol. The molecule has 0 bridgehead atoms. The summed E-state index contributed by atoms with van der Waals surface area (Å²) in [5.41, 5.74) is 0.912. The molecule has 2 atom stereocenters. The molecule has 3 N–H and O–H groups in total. The standard InChI is InChI=1S/C12H18O3S/c1-2-12(15)9-3-5-11(6-4-9)16-8-10(14)7-13/h3-6,10,12-15H,2,7-8H2,1H3/t10?,12-/m1/s1. The summed E-state index contributed by atoms with van der Waals surface area (Å²) in [7, 11) is 0. The second-order valence-corrected chi connectivity index (χ2v) is 4.73. The van der Waals surface area contributed by atoms with Crippen molar-refractivity contribution in [2.24, 2.45) is 0 Å². The first kappa shape index (κ1) is 13.5. The third-order valence-electron chi connectivity index (χ3n) is 2.30. The SMILES string of the molecule is CC[C@@H](O)c1ccc(SCC(O)CO)cc1. The van der Waals surface area contributed by atoms with E-state index >= 15 is 0 Å². The highest BCUT2D eigenvalue weighted by molar-refractivity contribution is 7.99. The highest BCUT2D eigenvalue weighted by Crippen LogP contribution is 2.22. The summed E-state index contributed by atoms with van der Waals surface area (Å²) < 4.78 is 0. The Hall–Kier alpha value is -0.550. The van der Waals surface area contributed by atoms with Crippen molar-refractivity contribution in [3.8, 4) is 0 Å². The molecule has 1 rings (SSSR count). The van der Waals surface area contributed by atoms with E-state index in [1.807, 2.05) is 31.2 Å². The van der Waals surface area contributed by atoms with Crippen molar-refractivity contribution in [1.29, 1.82) is 0 Å². The van der Waals surface area contributed by atoms with Gasteiger partial charge in [-0.25, -0.2) is 0 Å². The first-order chi connectivity index (χ1) is 7.67. The maximum atomic E-state index is 9.60. The van der Waals surface area contributed by atoms with Gasteiger partial charge in [0.15, 0.2) is 0 Å². The number of hydrogen-bond acceptors (Lipinski definition) is 4. The Kier molecular flexibility index (Phi) is 5.84. The van der Waals surface area contributed by atoms with Crippen LogP contribution in [0.15, 0.2) is 29.2 Å². The van der Waals surface area contributed by atoms with Crippen LogP contribution in [0.1, 0.15) is 25.0 Å². The van der Waals surface area contributed by atoms with E-state index in [0.717, 1.165) is 10.5 Å². The molecule has 16 heavy (non-hydrogen) atoms. The normalized spacial score (nSPS) is 14.8. The molecule has 0 heterocycles. The van der Waals surface area contributed by atoms with Gasteiger partial charge >= 0.3 is 0 Å². The van der Waals surface area contributed by atoms with Gasteiger partial charge in [0.2, 0.25) is 0 Å². The Bertz CT molecular complexity index is 300. The maximum Gasteiger partial charge on any atom is 0.0864 e. The summed E-state index contributed by atoms with van der Waals surface area (Å²) >= 11 is 1.49. The van der Waals surface area contributed by atoms with Gasteiger partial charge in [-0.2, -0.15) is 0 Å². The van der Waals surface area contributed by atoms with Crippen molar-refractivity contribution in [3.05, 3.63) is 29.8 Å². The van der Waals surface area contributed by atoms with Gasteiger partial charge in [-0.05, 0) is 24.1 Å². The Morgan fingerprint density at radius 1 is 1.19 bits per heavy atom. The minimum atomic E-state index is -0.675. The zero-order chi connectivity index (χ0) is 12.0. The smallest absolute Gasteiger partial charge is 0.0864 e. The predicted molar refractivity (Wildman–Crippen MR) is 65.5 cm³/mol. The molecule has 1 aromatic rings. The molecule has 0 saturated carbocycles. The summed E-state index contributed by atoms with van der Waals surface area (Å²) in [6.45, 7) is 1.73. The molecule has 0 aliphatic carbocycles. The first-order valence-corrected chi connectivity index (χ1v) is 6.35. The minimum Gasteiger partial charge on any atom is -0.394 e. The third kappa shape index (κ3) is 4.14. The van der Waals surface area contributed by atoms with E-state index in [-0.39, 0.29) is 6.61 Å². The molecule has 0 fully saturated rings. The quantitative estimate of drug-likeness (QED) is 0.663. The lowest BCUT2D eigenvalue weighted by Gasteiger charge is -2.10. The molecule has 1 aromatic carbocycles. The van der Waals surface area contributed by atoms with Gasteiger partial charge in [-0.3, -0.25) is 0 Å². The van der Waals surface area contributed by atoms with Gasteiger partial charge in [-0.1, -0.05) is 19.1 Å². The zero-order valence-corrected chi connectivity index (χ0v) is 10.2. The summed E-state index contributed by atoms with van der Waals surface area (Å²) in [5, 5.41) is 27.5. The minimum absolute atomic E-state index is 0.209. The van der Waals surface area contributed by atoms with Gasteiger partial charge < -0.3 is 15.3 Å². The third-order valence-corrected chi connectivity index (χ3v) is 3.46. The molecule has 90 valence electrons. The number of hydrogen-bond donors (Lipinski definition) is 3. The summed E-state index contributed by atoms with van der Waals surface area (Å²) in [4.78, 5) is 1.03. The Labute approximate surface area is 100 Å². The molecule has 0 saturated heterocycles. The fourth-order valence-electron chi connectivity index (χ4n) is 1.27. The van der Waals surface area contributed by atoms with Crippen LogP contribution in [0, 0.1) is 0 Å². The van der Waals surface area contributed by atoms with Crippen LogP contribution in [-0.4, -0.2) is 33.8 Å². The van der Waals surface area contributed by atoms with Gasteiger partial charge in [0.25, 0.3) is 0 Å². The van der Waals surface area contributed by atoms with E-state index in [2.05, 4.69) is 0 Å². The van der Waals surface area contributed by atoms with Gasteiger partial charge in [0.1, 0.15) is 0 Å². The zero-order valence-electron chi connectivity index (χ0n) is 9.34. The fraction of sp³-hybridized carbons (Fsp3) is 0.500. The molecule has 1 unspecified atom stereocenters. The van der Waals surface area contributed by atoms with Crippen LogP contribution in [0.25, 0.3) is 0 Å². The highest BCUT2D eigenvalue weighted by atomic mass is 32.2. The maximum absolute atomic E-state index is 9.60. The highest BCUT2D eigenvalue weighted by Gasteiger charge is 2.06. The summed E-state index contributed by atoms with van der Waals surface area (Å²) in [5.74, 6) is 0.478. The van der Waals surface area contributed by atoms with Crippen molar-refractivity contribution in [2.75, 3.05) is 12.4 Å². The van der Waals surface area contributed by atoms with Crippen LogP contribution in [-0.2, 0) is 0 Å². The Morgan fingerprint density at radius 3 is 2.31 bits per heavy atom. The van der Waals surface area contributed by atoms with E-state index in [9.17, 15) is 10.2 Å². The Morgan fingerprint density at radius 2 is 1.81 bits per heavy atom. The van der Waals surface area contributed by atoms with E-state index in [4.69, 9.17) is 5.11 Å². The van der Waals surface area contributed by atoms with Gasteiger partial charge in [-0.15, -0.1) is 11.8 Å². The second kappa shape index (κ2) is 6.91. The summed E-state index contributed by atoms with van der Waals surface area (Å²) in [6, 6.07) is 7.62. The number of rotatable bonds is 6. The molecule has 0 aliphatic heterocycles. The number of benzene rings is 1. The fourth-order valence-corrected chi connectivity index (χ4v) is 2.09. The van der Waals surface area contributed by atoms with Crippen molar-refractivity contribution < 1.29 is 15.3 Å².